The predicted molar refractivity (Wildman–Crippen MR) is 100 cm³/mol. The summed E-state index contributed by atoms with van der Waals surface area (Å²) in [4.78, 5) is 20.1. The monoisotopic (exact) mass is 358 g/mol. The van der Waals surface area contributed by atoms with Crippen LogP contribution < -0.4 is 5.56 Å². The van der Waals surface area contributed by atoms with Gasteiger partial charge in [-0.2, -0.15) is 0 Å². The summed E-state index contributed by atoms with van der Waals surface area (Å²) in [6, 6.07) is 7.64. The summed E-state index contributed by atoms with van der Waals surface area (Å²) >= 11 is 7.66. The minimum atomic E-state index is 0.0968. The predicted octanol–water partition coefficient (Wildman–Crippen LogP) is 4.59. The molecule has 5 heteroatoms. The van der Waals surface area contributed by atoms with Gasteiger partial charge in [0.2, 0.25) is 0 Å². The SMILES string of the molecule is Cc1nc2sc3c(c2c(=O)n1Cc1ccc(Cl)cc1)CCC(C)C3. The molecule has 0 N–H and O–H groups in total. The largest absolute Gasteiger partial charge is 0.292 e. The molecule has 3 nitrogen and oxygen atoms in total. The number of nitrogens with zero attached hydrogens (tertiary/aromatic N) is 2. The van der Waals surface area contributed by atoms with E-state index in [9.17, 15) is 4.79 Å². The molecule has 0 radical (unpaired) electrons. The summed E-state index contributed by atoms with van der Waals surface area (Å²) in [6.07, 6.45) is 3.23. The lowest BCUT2D eigenvalue weighted by molar-refractivity contribution is 0.509. The van der Waals surface area contributed by atoms with E-state index in [4.69, 9.17) is 16.6 Å². The van der Waals surface area contributed by atoms with Crippen molar-refractivity contribution >= 4 is 33.2 Å². The Morgan fingerprint density at radius 3 is 2.83 bits per heavy atom. The molecule has 2 heterocycles. The van der Waals surface area contributed by atoms with Gasteiger partial charge in [0.05, 0.1) is 11.9 Å². The number of halogens is 1. The Morgan fingerprint density at radius 1 is 1.33 bits per heavy atom. The molecular formula is C19H19ClN2OS. The smallest absolute Gasteiger partial charge is 0.262 e. The van der Waals surface area contributed by atoms with Crippen LogP contribution in [0.2, 0.25) is 5.02 Å². The summed E-state index contributed by atoms with van der Waals surface area (Å²) in [6.45, 7) is 4.73. The highest BCUT2D eigenvalue weighted by molar-refractivity contribution is 7.18. The topological polar surface area (TPSA) is 34.9 Å². The third kappa shape index (κ3) is 2.68. The molecule has 0 saturated heterocycles. The number of fused-ring (bicyclic) bond motifs is 3. The second-order valence-electron chi connectivity index (χ2n) is 6.71. The van der Waals surface area contributed by atoms with Crippen molar-refractivity contribution in [3.05, 3.63) is 61.5 Å². The minimum absolute atomic E-state index is 0.0968. The van der Waals surface area contributed by atoms with Gasteiger partial charge in [0.25, 0.3) is 5.56 Å². The van der Waals surface area contributed by atoms with Crippen LogP contribution in [0.3, 0.4) is 0 Å². The molecule has 1 aliphatic carbocycles. The maximum absolute atomic E-state index is 13.1. The van der Waals surface area contributed by atoms with Crippen LogP contribution in [-0.4, -0.2) is 9.55 Å². The lowest BCUT2D eigenvalue weighted by Crippen LogP contribution is -2.25. The highest BCUT2D eigenvalue weighted by Crippen LogP contribution is 2.35. The molecule has 0 spiro atoms. The number of thiophene rings is 1. The van der Waals surface area contributed by atoms with E-state index in [2.05, 4.69) is 6.92 Å². The van der Waals surface area contributed by atoms with Crippen molar-refractivity contribution in [2.45, 2.75) is 39.7 Å². The van der Waals surface area contributed by atoms with E-state index in [1.54, 1.807) is 15.9 Å². The fourth-order valence-corrected chi connectivity index (χ4v) is 5.03. The molecule has 0 amide bonds. The summed E-state index contributed by atoms with van der Waals surface area (Å²) in [5.41, 5.74) is 2.40. The second-order valence-corrected chi connectivity index (χ2v) is 8.23. The van der Waals surface area contributed by atoms with Gasteiger partial charge < -0.3 is 0 Å². The van der Waals surface area contributed by atoms with Crippen LogP contribution in [0.1, 0.15) is 35.2 Å². The molecule has 3 aromatic rings. The van der Waals surface area contributed by atoms with Gasteiger partial charge in [-0.25, -0.2) is 4.98 Å². The molecule has 124 valence electrons. The van der Waals surface area contributed by atoms with Crippen molar-refractivity contribution in [2.24, 2.45) is 5.92 Å². The molecule has 0 saturated carbocycles. The molecule has 0 fully saturated rings. The van der Waals surface area contributed by atoms with Gasteiger partial charge in [0.15, 0.2) is 0 Å². The molecular weight excluding hydrogens is 340 g/mol. The third-order valence-electron chi connectivity index (χ3n) is 4.86. The molecule has 1 aliphatic rings. The standard InChI is InChI=1S/C19H19ClN2OS/c1-11-3-8-15-16(9-11)24-18-17(15)19(23)22(12(2)21-18)10-13-4-6-14(20)7-5-13/h4-7,11H,3,8-10H2,1-2H3. The second kappa shape index (κ2) is 6.01. The number of hydrogen-bond acceptors (Lipinski definition) is 3. The zero-order valence-electron chi connectivity index (χ0n) is 13.8. The molecule has 2 aromatic heterocycles. The average Bonchev–Trinajstić information content (AvgIpc) is 2.90. The number of benzene rings is 1. The van der Waals surface area contributed by atoms with Crippen LogP contribution >= 0.6 is 22.9 Å². The highest BCUT2D eigenvalue weighted by Gasteiger charge is 2.23. The first-order valence-corrected chi connectivity index (χ1v) is 9.48. The molecule has 0 bridgehead atoms. The third-order valence-corrected chi connectivity index (χ3v) is 6.26. The summed E-state index contributed by atoms with van der Waals surface area (Å²) < 4.78 is 1.79. The number of aromatic nitrogens is 2. The zero-order chi connectivity index (χ0) is 16.8. The van der Waals surface area contributed by atoms with E-state index in [1.165, 1.54) is 10.4 Å². The maximum Gasteiger partial charge on any atom is 0.262 e. The first-order valence-electron chi connectivity index (χ1n) is 8.29. The Balaban J connectivity index is 1.84. The zero-order valence-corrected chi connectivity index (χ0v) is 15.4. The van der Waals surface area contributed by atoms with Crippen molar-refractivity contribution in [2.75, 3.05) is 0 Å². The Kier molecular flexibility index (Phi) is 3.97. The van der Waals surface area contributed by atoms with E-state index in [0.29, 0.717) is 17.5 Å². The molecule has 1 atom stereocenters. The Hall–Kier alpha value is -1.65. The van der Waals surface area contributed by atoms with Gasteiger partial charge in [-0.05, 0) is 55.4 Å². The van der Waals surface area contributed by atoms with E-state index < -0.39 is 0 Å². The summed E-state index contributed by atoms with van der Waals surface area (Å²) in [7, 11) is 0. The van der Waals surface area contributed by atoms with Gasteiger partial charge in [0.1, 0.15) is 10.7 Å². The van der Waals surface area contributed by atoms with Gasteiger partial charge in [0, 0.05) is 9.90 Å². The van der Waals surface area contributed by atoms with Crippen molar-refractivity contribution < 1.29 is 0 Å². The Morgan fingerprint density at radius 2 is 2.08 bits per heavy atom. The van der Waals surface area contributed by atoms with Crippen molar-refractivity contribution in [3.63, 3.8) is 0 Å². The first-order chi connectivity index (χ1) is 11.5. The number of hydrogen-bond donors (Lipinski definition) is 0. The minimum Gasteiger partial charge on any atom is -0.292 e. The summed E-state index contributed by atoms with van der Waals surface area (Å²) in [5.74, 6) is 1.47. The van der Waals surface area contributed by atoms with E-state index in [-0.39, 0.29) is 5.56 Å². The van der Waals surface area contributed by atoms with Gasteiger partial charge >= 0.3 is 0 Å². The van der Waals surface area contributed by atoms with Gasteiger partial charge in [-0.3, -0.25) is 9.36 Å². The van der Waals surface area contributed by atoms with Crippen molar-refractivity contribution in [1.82, 2.24) is 9.55 Å². The first kappa shape index (κ1) is 15.9. The van der Waals surface area contributed by atoms with Crippen LogP contribution in [0.4, 0.5) is 0 Å². The summed E-state index contributed by atoms with van der Waals surface area (Å²) in [5, 5.41) is 1.55. The van der Waals surface area contributed by atoms with E-state index in [1.807, 2.05) is 31.2 Å². The fourth-order valence-electron chi connectivity index (χ4n) is 3.48. The Labute approximate surface area is 149 Å². The van der Waals surface area contributed by atoms with Gasteiger partial charge in [-0.15, -0.1) is 11.3 Å². The lowest BCUT2D eigenvalue weighted by atomic mass is 9.89. The average molecular weight is 359 g/mol. The maximum atomic E-state index is 13.1. The fraction of sp³-hybridized carbons (Fsp3) is 0.368. The van der Waals surface area contributed by atoms with Crippen LogP contribution in [-0.2, 0) is 19.4 Å². The number of aryl methyl sites for hydroxylation is 2. The van der Waals surface area contributed by atoms with Crippen molar-refractivity contribution in [3.8, 4) is 0 Å². The van der Waals surface area contributed by atoms with Crippen molar-refractivity contribution in [1.29, 1.82) is 0 Å². The molecule has 1 aromatic carbocycles. The lowest BCUT2D eigenvalue weighted by Gasteiger charge is -2.17. The van der Waals surface area contributed by atoms with Crippen LogP contribution in [0.25, 0.3) is 10.2 Å². The van der Waals surface area contributed by atoms with Crippen LogP contribution in [0.15, 0.2) is 29.1 Å². The molecule has 1 unspecified atom stereocenters. The van der Waals surface area contributed by atoms with E-state index in [0.717, 1.165) is 40.9 Å². The normalized spacial score (nSPS) is 17.2. The molecule has 0 aliphatic heterocycles. The van der Waals surface area contributed by atoms with E-state index >= 15 is 0 Å². The molecule has 4 rings (SSSR count). The van der Waals surface area contributed by atoms with Crippen LogP contribution in [0.5, 0.6) is 0 Å². The van der Waals surface area contributed by atoms with Gasteiger partial charge in [-0.1, -0.05) is 30.7 Å². The van der Waals surface area contributed by atoms with Crippen LogP contribution in [0, 0.1) is 12.8 Å². The number of rotatable bonds is 2. The highest BCUT2D eigenvalue weighted by atomic mass is 35.5. The quantitative estimate of drug-likeness (QED) is 0.671. The Bertz CT molecular complexity index is 972. The molecule has 24 heavy (non-hydrogen) atoms.